The van der Waals surface area contributed by atoms with Crippen molar-refractivity contribution in [3.63, 3.8) is 0 Å². The van der Waals surface area contributed by atoms with Gasteiger partial charge in [0.2, 0.25) is 0 Å². The highest BCUT2D eigenvalue weighted by Crippen LogP contribution is 2.33. The molecule has 2 unspecified atom stereocenters. The maximum Gasteiger partial charge on any atom is 0.133 e. The molecule has 1 aromatic heterocycles. The molecule has 0 aromatic carbocycles. The van der Waals surface area contributed by atoms with Crippen LogP contribution in [-0.4, -0.2) is 17.1 Å². The summed E-state index contributed by atoms with van der Waals surface area (Å²) in [5.74, 6) is 1.12. The van der Waals surface area contributed by atoms with E-state index in [-0.39, 0.29) is 0 Å². The molecule has 94 valence electrons. The normalized spacial score (nSPS) is 24.4. The van der Waals surface area contributed by atoms with Crippen LogP contribution in [-0.2, 0) is 6.54 Å². The van der Waals surface area contributed by atoms with Gasteiger partial charge in [0.15, 0.2) is 0 Å². The highest BCUT2D eigenvalue weighted by molar-refractivity contribution is 5.52. The molecule has 0 saturated carbocycles. The van der Waals surface area contributed by atoms with Crippen LogP contribution in [0, 0.1) is 6.92 Å². The van der Waals surface area contributed by atoms with Crippen LogP contribution in [0.3, 0.4) is 0 Å². The van der Waals surface area contributed by atoms with Crippen LogP contribution in [0.4, 0.5) is 5.82 Å². The summed E-state index contributed by atoms with van der Waals surface area (Å²) in [6.07, 6.45) is 5.63. The largest absolute Gasteiger partial charge is 0.351 e. The quantitative estimate of drug-likeness (QED) is 0.872. The molecule has 3 heteroatoms. The first kappa shape index (κ1) is 12.4. The molecule has 2 heterocycles. The van der Waals surface area contributed by atoms with E-state index in [0.29, 0.717) is 18.6 Å². The smallest absolute Gasteiger partial charge is 0.133 e. The zero-order valence-electron chi connectivity index (χ0n) is 11.1. The fourth-order valence-electron chi connectivity index (χ4n) is 2.90. The molecule has 2 rings (SSSR count). The van der Waals surface area contributed by atoms with Crippen molar-refractivity contribution >= 4 is 5.82 Å². The van der Waals surface area contributed by atoms with E-state index < -0.39 is 0 Å². The van der Waals surface area contributed by atoms with E-state index in [4.69, 9.17) is 5.73 Å². The number of hydrogen-bond acceptors (Lipinski definition) is 3. The number of hydrogen-bond donors (Lipinski definition) is 1. The molecule has 1 saturated heterocycles. The molecule has 2 N–H and O–H groups in total. The molecule has 0 bridgehead atoms. The summed E-state index contributed by atoms with van der Waals surface area (Å²) in [7, 11) is 0. The minimum Gasteiger partial charge on any atom is -0.351 e. The summed E-state index contributed by atoms with van der Waals surface area (Å²) in [6, 6.07) is 3.26. The molecule has 1 fully saturated rings. The molecule has 2 atom stereocenters. The Morgan fingerprint density at radius 1 is 1.47 bits per heavy atom. The molecule has 17 heavy (non-hydrogen) atoms. The van der Waals surface area contributed by atoms with Crippen molar-refractivity contribution in [3.8, 4) is 0 Å². The Bertz CT molecular complexity index is 389. The number of aromatic nitrogens is 1. The Hall–Kier alpha value is -1.09. The van der Waals surface area contributed by atoms with Gasteiger partial charge in [0.05, 0.1) is 0 Å². The van der Waals surface area contributed by atoms with Gasteiger partial charge in [-0.2, -0.15) is 0 Å². The number of anilines is 1. The van der Waals surface area contributed by atoms with Gasteiger partial charge in [0.25, 0.3) is 0 Å². The highest BCUT2D eigenvalue weighted by atomic mass is 15.3. The first-order valence-corrected chi connectivity index (χ1v) is 6.61. The standard InChI is InChI=1S/C14H23N3/c1-4-12-6-5-11(3)17(12)14-13(9-15)10(2)7-8-16-14/h7-8,11-12H,4-6,9,15H2,1-3H3. The van der Waals surface area contributed by atoms with Crippen molar-refractivity contribution in [2.75, 3.05) is 4.90 Å². The molecule has 0 aliphatic carbocycles. The third kappa shape index (κ3) is 2.16. The van der Waals surface area contributed by atoms with Crippen LogP contribution < -0.4 is 10.6 Å². The fourth-order valence-corrected chi connectivity index (χ4v) is 2.90. The monoisotopic (exact) mass is 233 g/mol. The number of nitrogens with two attached hydrogens (primary N) is 1. The zero-order valence-corrected chi connectivity index (χ0v) is 11.1. The summed E-state index contributed by atoms with van der Waals surface area (Å²) in [4.78, 5) is 7.07. The van der Waals surface area contributed by atoms with Gasteiger partial charge in [0, 0.05) is 30.4 Å². The second-order valence-electron chi connectivity index (χ2n) is 5.03. The van der Waals surface area contributed by atoms with Crippen LogP contribution in [0.1, 0.15) is 44.2 Å². The Kier molecular flexibility index (Phi) is 3.67. The lowest BCUT2D eigenvalue weighted by Crippen LogP contribution is -2.36. The predicted octanol–water partition coefficient (Wildman–Crippen LogP) is 2.62. The Morgan fingerprint density at radius 2 is 2.24 bits per heavy atom. The predicted molar refractivity (Wildman–Crippen MR) is 72.1 cm³/mol. The third-order valence-electron chi connectivity index (χ3n) is 3.97. The molecule has 1 aliphatic heterocycles. The van der Waals surface area contributed by atoms with E-state index in [1.165, 1.54) is 30.4 Å². The number of nitrogens with zero attached hydrogens (tertiary/aromatic N) is 2. The maximum atomic E-state index is 5.88. The van der Waals surface area contributed by atoms with Crippen molar-refractivity contribution in [1.82, 2.24) is 4.98 Å². The van der Waals surface area contributed by atoms with Crippen molar-refractivity contribution in [2.24, 2.45) is 5.73 Å². The molecule has 0 radical (unpaired) electrons. The van der Waals surface area contributed by atoms with Crippen molar-refractivity contribution in [2.45, 2.75) is 58.7 Å². The van der Waals surface area contributed by atoms with Crippen LogP contribution >= 0.6 is 0 Å². The van der Waals surface area contributed by atoms with Crippen LogP contribution in [0.5, 0.6) is 0 Å². The Labute approximate surface area is 104 Å². The van der Waals surface area contributed by atoms with E-state index in [1.54, 1.807) is 0 Å². The van der Waals surface area contributed by atoms with Crippen molar-refractivity contribution < 1.29 is 0 Å². The Balaban J connectivity index is 2.41. The Morgan fingerprint density at radius 3 is 2.88 bits per heavy atom. The summed E-state index contributed by atoms with van der Waals surface area (Å²) < 4.78 is 0. The molecule has 3 nitrogen and oxygen atoms in total. The number of aryl methyl sites for hydroxylation is 1. The van der Waals surface area contributed by atoms with E-state index in [9.17, 15) is 0 Å². The van der Waals surface area contributed by atoms with E-state index >= 15 is 0 Å². The van der Waals surface area contributed by atoms with Gasteiger partial charge in [-0.05, 0) is 44.7 Å². The van der Waals surface area contributed by atoms with Gasteiger partial charge in [-0.25, -0.2) is 4.98 Å². The van der Waals surface area contributed by atoms with Gasteiger partial charge >= 0.3 is 0 Å². The summed E-state index contributed by atoms with van der Waals surface area (Å²) in [6.45, 7) is 7.25. The second-order valence-corrected chi connectivity index (χ2v) is 5.03. The lowest BCUT2D eigenvalue weighted by molar-refractivity contribution is 0.617. The molecule has 1 aromatic rings. The SMILES string of the molecule is CCC1CCC(C)N1c1nccc(C)c1CN. The van der Waals surface area contributed by atoms with Gasteiger partial charge in [0.1, 0.15) is 5.82 Å². The highest BCUT2D eigenvalue weighted by Gasteiger charge is 2.31. The fraction of sp³-hybridized carbons (Fsp3) is 0.643. The molecular weight excluding hydrogens is 210 g/mol. The van der Waals surface area contributed by atoms with Crippen LogP contribution in [0.15, 0.2) is 12.3 Å². The number of pyridine rings is 1. The van der Waals surface area contributed by atoms with Crippen LogP contribution in [0.2, 0.25) is 0 Å². The molecule has 0 spiro atoms. The maximum absolute atomic E-state index is 5.88. The minimum atomic E-state index is 0.578. The van der Waals surface area contributed by atoms with E-state index in [2.05, 4.69) is 30.7 Å². The first-order chi connectivity index (χ1) is 8.19. The lowest BCUT2D eigenvalue weighted by atomic mass is 10.1. The summed E-state index contributed by atoms with van der Waals surface area (Å²) >= 11 is 0. The molecule has 1 aliphatic rings. The van der Waals surface area contributed by atoms with Crippen LogP contribution in [0.25, 0.3) is 0 Å². The number of rotatable bonds is 3. The van der Waals surface area contributed by atoms with Gasteiger partial charge in [-0.15, -0.1) is 0 Å². The van der Waals surface area contributed by atoms with Crippen molar-refractivity contribution in [3.05, 3.63) is 23.4 Å². The summed E-state index contributed by atoms with van der Waals surface area (Å²) in [5.41, 5.74) is 8.35. The zero-order chi connectivity index (χ0) is 12.4. The summed E-state index contributed by atoms with van der Waals surface area (Å²) in [5, 5.41) is 0. The first-order valence-electron chi connectivity index (χ1n) is 6.61. The second kappa shape index (κ2) is 5.05. The average Bonchev–Trinajstić information content (AvgIpc) is 2.70. The topological polar surface area (TPSA) is 42.2 Å². The molecular formula is C14H23N3. The van der Waals surface area contributed by atoms with Gasteiger partial charge in [-0.1, -0.05) is 6.92 Å². The molecule has 0 amide bonds. The van der Waals surface area contributed by atoms with Crippen molar-refractivity contribution in [1.29, 1.82) is 0 Å². The third-order valence-corrected chi connectivity index (χ3v) is 3.97. The van der Waals surface area contributed by atoms with E-state index in [0.717, 1.165) is 5.82 Å². The minimum absolute atomic E-state index is 0.578. The lowest BCUT2D eigenvalue weighted by Gasteiger charge is -2.31. The van der Waals surface area contributed by atoms with Gasteiger partial charge in [-0.3, -0.25) is 0 Å². The van der Waals surface area contributed by atoms with E-state index in [1.807, 2.05) is 12.3 Å². The average molecular weight is 233 g/mol. The van der Waals surface area contributed by atoms with Gasteiger partial charge < -0.3 is 10.6 Å².